The number of benzene rings is 2. The van der Waals surface area contributed by atoms with E-state index < -0.39 is 29.3 Å². The second-order valence-corrected chi connectivity index (χ2v) is 8.18. The Balaban J connectivity index is 1.50. The van der Waals surface area contributed by atoms with Gasteiger partial charge in [-0.25, -0.2) is 4.39 Å². The molecule has 0 radical (unpaired) electrons. The minimum Gasteiger partial charge on any atom is -0.486 e. The number of hydrogen-bond donors (Lipinski definition) is 0. The van der Waals surface area contributed by atoms with E-state index in [0.29, 0.717) is 18.5 Å². The van der Waals surface area contributed by atoms with Crippen molar-refractivity contribution in [3.8, 4) is 11.5 Å². The van der Waals surface area contributed by atoms with Crippen molar-refractivity contribution in [3.63, 3.8) is 0 Å². The first-order chi connectivity index (χ1) is 15.0. The van der Waals surface area contributed by atoms with Gasteiger partial charge >= 0.3 is 12.4 Å². The number of anilines is 1. The molecule has 32 heavy (non-hydrogen) atoms. The first-order valence-corrected chi connectivity index (χ1v) is 10.3. The third-order valence-corrected chi connectivity index (χ3v) is 6.19. The molecule has 2 fully saturated rings. The van der Waals surface area contributed by atoms with Gasteiger partial charge in [0.2, 0.25) is 0 Å². The first kappa shape index (κ1) is 23.0. The number of rotatable bonds is 4. The number of piperidine rings is 1. The molecule has 4 rings (SSSR count). The molecule has 11 heteroatoms. The Bertz CT molecular complexity index is 981. The van der Waals surface area contributed by atoms with E-state index in [1.54, 1.807) is 0 Å². The van der Waals surface area contributed by atoms with E-state index in [4.69, 9.17) is 9.26 Å². The van der Waals surface area contributed by atoms with Gasteiger partial charge in [0, 0.05) is 30.6 Å². The van der Waals surface area contributed by atoms with Gasteiger partial charge < -0.3 is 14.2 Å². The first-order valence-electron chi connectivity index (χ1n) is 9.87. The van der Waals surface area contributed by atoms with Crippen LogP contribution in [0.2, 0.25) is 0 Å². The van der Waals surface area contributed by atoms with Crippen LogP contribution in [0, 0.1) is 5.82 Å². The fraction of sp³-hybridized carbons (Fsp3) is 0.429. The van der Waals surface area contributed by atoms with E-state index in [0.717, 1.165) is 37.1 Å². The van der Waals surface area contributed by atoms with Crippen molar-refractivity contribution in [2.24, 2.45) is 0 Å². The van der Waals surface area contributed by atoms with Gasteiger partial charge in [0.25, 0.3) is 0 Å². The summed E-state index contributed by atoms with van der Waals surface area (Å²) < 4.78 is 102. The lowest BCUT2D eigenvalue weighted by molar-refractivity contribution is -0.140. The second kappa shape index (κ2) is 8.28. The van der Waals surface area contributed by atoms with E-state index >= 15 is 0 Å². The zero-order valence-corrected chi connectivity index (χ0v) is 17.7. The van der Waals surface area contributed by atoms with E-state index in [2.05, 4.69) is 0 Å². The molecular weight excluding hydrogens is 462 g/mol. The molecule has 2 aromatic carbocycles. The minimum atomic E-state index is -4.76. The van der Waals surface area contributed by atoms with Gasteiger partial charge in [-0.05, 0) is 49.2 Å². The largest absolute Gasteiger partial charge is 0.486 e. The van der Waals surface area contributed by atoms with E-state index in [1.165, 1.54) is 12.1 Å². The summed E-state index contributed by atoms with van der Waals surface area (Å²) in [6, 6.07) is 5.75. The van der Waals surface area contributed by atoms with Gasteiger partial charge in [-0.1, -0.05) is 0 Å². The highest BCUT2D eigenvalue weighted by molar-refractivity contribution is 7.10. The summed E-state index contributed by atoms with van der Waals surface area (Å²) in [5.74, 6) is -1.21. The third kappa shape index (κ3) is 4.47. The SMILES string of the molecule is Fc1cc(N2[C@@H]3CC[C@H]2C[C@@H](Oc2ccc(C(F)(F)F)cc2OP)C3)ccc1C(F)(F)F. The summed E-state index contributed by atoms with van der Waals surface area (Å²) in [5.41, 5.74) is -1.79. The van der Waals surface area contributed by atoms with Crippen LogP contribution in [-0.4, -0.2) is 18.2 Å². The van der Waals surface area contributed by atoms with Gasteiger partial charge in [-0.3, -0.25) is 0 Å². The fourth-order valence-corrected chi connectivity index (χ4v) is 4.78. The van der Waals surface area contributed by atoms with Gasteiger partial charge in [0.15, 0.2) is 11.5 Å². The van der Waals surface area contributed by atoms with Crippen LogP contribution >= 0.6 is 9.47 Å². The standard InChI is InChI=1S/C21H19F7NO2P/c22-17-10-14(4-5-16(17)21(26,27)28)29-12-2-3-13(29)9-15(8-12)30-18-6-1-11(20(23,24)25)7-19(18)31-32/h1,4-7,10,12-13,15H,2-3,8-9,32H2/t12-,13+,15+. The topological polar surface area (TPSA) is 21.7 Å². The summed E-state index contributed by atoms with van der Waals surface area (Å²) >= 11 is 0. The van der Waals surface area contributed by atoms with Crippen LogP contribution in [-0.2, 0) is 12.4 Å². The highest BCUT2D eigenvalue weighted by atomic mass is 31.0. The van der Waals surface area contributed by atoms with Gasteiger partial charge in [0.05, 0.1) is 20.6 Å². The molecule has 0 aromatic heterocycles. The maximum atomic E-state index is 14.1. The number of halogens is 7. The van der Waals surface area contributed by atoms with Crippen molar-refractivity contribution in [3.05, 3.63) is 53.3 Å². The predicted molar refractivity (Wildman–Crippen MR) is 106 cm³/mol. The number of alkyl halides is 6. The molecule has 0 N–H and O–H groups in total. The zero-order chi connectivity index (χ0) is 23.3. The van der Waals surface area contributed by atoms with Crippen LogP contribution in [0.4, 0.5) is 36.4 Å². The van der Waals surface area contributed by atoms with Crippen molar-refractivity contribution in [1.29, 1.82) is 0 Å². The highest BCUT2D eigenvalue weighted by Crippen LogP contribution is 2.44. The molecule has 4 atom stereocenters. The van der Waals surface area contributed by atoms with Crippen LogP contribution in [0.3, 0.4) is 0 Å². The van der Waals surface area contributed by atoms with Crippen LogP contribution < -0.4 is 14.2 Å². The maximum Gasteiger partial charge on any atom is 0.419 e. The minimum absolute atomic E-state index is 0.0654. The Morgan fingerprint density at radius 1 is 0.844 bits per heavy atom. The summed E-state index contributed by atoms with van der Waals surface area (Å²) in [5, 5.41) is 0. The van der Waals surface area contributed by atoms with E-state index in [9.17, 15) is 30.7 Å². The molecule has 2 aliphatic rings. The Morgan fingerprint density at radius 2 is 1.50 bits per heavy atom. The average Bonchev–Trinajstić information content (AvgIpc) is 2.97. The Kier molecular flexibility index (Phi) is 5.94. The Morgan fingerprint density at radius 3 is 2.03 bits per heavy atom. The van der Waals surface area contributed by atoms with Crippen molar-refractivity contribution < 1.29 is 40.0 Å². The van der Waals surface area contributed by atoms with Crippen LogP contribution in [0.15, 0.2) is 36.4 Å². The average molecular weight is 481 g/mol. The lowest BCUT2D eigenvalue weighted by Crippen LogP contribution is -2.46. The number of nitrogens with zero attached hydrogens (tertiary/aromatic N) is 1. The fourth-order valence-electron chi connectivity index (χ4n) is 4.59. The summed E-state index contributed by atoms with van der Waals surface area (Å²) in [6.45, 7) is 0. The molecule has 1 unspecified atom stereocenters. The summed E-state index contributed by atoms with van der Waals surface area (Å²) in [7, 11) is 1.90. The van der Waals surface area contributed by atoms with Gasteiger partial charge in [-0.15, -0.1) is 0 Å². The predicted octanol–water partition coefficient (Wildman–Crippen LogP) is 6.61. The summed E-state index contributed by atoms with van der Waals surface area (Å²) in [6.07, 6.45) is -7.09. The van der Waals surface area contributed by atoms with Gasteiger partial charge in [-0.2, -0.15) is 26.3 Å². The highest BCUT2D eigenvalue weighted by Gasteiger charge is 2.43. The van der Waals surface area contributed by atoms with Gasteiger partial charge in [0.1, 0.15) is 11.9 Å². The molecule has 174 valence electrons. The molecule has 0 amide bonds. The van der Waals surface area contributed by atoms with E-state index in [-0.39, 0.29) is 29.7 Å². The lowest BCUT2D eigenvalue weighted by atomic mass is 9.98. The molecule has 0 saturated carbocycles. The molecule has 0 aliphatic carbocycles. The quantitative estimate of drug-likeness (QED) is 0.362. The van der Waals surface area contributed by atoms with Crippen LogP contribution in [0.5, 0.6) is 11.5 Å². The molecule has 2 aromatic rings. The Hall–Kier alpha value is -2.22. The monoisotopic (exact) mass is 481 g/mol. The van der Waals surface area contributed by atoms with Crippen LogP contribution in [0.25, 0.3) is 0 Å². The molecule has 3 nitrogen and oxygen atoms in total. The molecule has 2 bridgehead atoms. The lowest BCUT2D eigenvalue weighted by Gasteiger charge is -2.40. The van der Waals surface area contributed by atoms with E-state index in [1.807, 2.05) is 14.4 Å². The second-order valence-electron chi connectivity index (χ2n) is 7.94. The maximum absolute atomic E-state index is 14.1. The van der Waals surface area contributed by atoms with Crippen molar-refractivity contribution in [2.75, 3.05) is 4.90 Å². The molecule has 2 aliphatic heterocycles. The molecule has 2 heterocycles. The number of hydrogen-bond acceptors (Lipinski definition) is 3. The third-order valence-electron chi connectivity index (χ3n) is 5.94. The normalized spacial score (nSPS) is 23.4. The molecule has 2 saturated heterocycles. The smallest absolute Gasteiger partial charge is 0.419 e. The zero-order valence-electron chi connectivity index (χ0n) is 16.5. The van der Waals surface area contributed by atoms with Crippen molar-refractivity contribution >= 4 is 15.2 Å². The van der Waals surface area contributed by atoms with Crippen molar-refractivity contribution in [1.82, 2.24) is 0 Å². The Labute approximate surface area is 181 Å². The number of ether oxygens (including phenoxy) is 1. The molecule has 0 spiro atoms. The van der Waals surface area contributed by atoms with Crippen molar-refractivity contribution in [2.45, 2.75) is 56.2 Å². The summed E-state index contributed by atoms with van der Waals surface area (Å²) in [4.78, 5) is 1.92. The molecular formula is C21H19F7NO2P. The number of fused-ring (bicyclic) bond motifs is 2. The van der Waals surface area contributed by atoms with Crippen LogP contribution in [0.1, 0.15) is 36.8 Å².